The molecule has 1 aliphatic carbocycles. The summed E-state index contributed by atoms with van der Waals surface area (Å²) in [6.07, 6.45) is -5.54. The van der Waals surface area contributed by atoms with E-state index < -0.39 is 76.1 Å². The highest BCUT2D eigenvalue weighted by molar-refractivity contribution is 5.89. The summed E-state index contributed by atoms with van der Waals surface area (Å²) < 4.78 is 106. The van der Waals surface area contributed by atoms with Crippen LogP contribution in [0.1, 0.15) is 26.3 Å². The highest BCUT2D eigenvalue weighted by Crippen LogP contribution is 2.61. The van der Waals surface area contributed by atoms with E-state index in [-0.39, 0.29) is 0 Å². The summed E-state index contributed by atoms with van der Waals surface area (Å²) in [5, 5.41) is 1.63. The Morgan fingerprint density at radius 2 is 1.56 bits per heavy atom. The first-order valence-corrected chi connectivity index (χ1v) is 7.76. The van der Waals surface area contributed by atoms with Crippen LogP contribution in [-0.4, -0.2) is 12.1 Å². The van der Waals surface area contributed by atoms with E-state index >= 15 is 0 Å². The topological polar surface area (TPSA) is 29.1 Å². The number of carbonyl (C=O) groups is 1. The number of allylic oxidation sites excluding steroid dienone is 2. The fourth-order valence-electron chi connectivity index (χ4n) is 3.12. The average Bonchev–Trinajstić information content (AvgIpc) is 3.04. The van der Waals surface area contributed by atoms with Gasteiger partial charge in [0, 0.05) is 12.5 Å². The lowest BCUT2D eigenvalue weighted by molar-refractivity contribution is -0.114. The molecule has 150 valence electrons. The van der Waals surface area contributed by atoms with E-state index in [0.29, 0.717) is 6.08 Å². The number of benzene rings is 1. The SMILES string of the molecule is CC(=O)Nc1c(F)c(F)c(CC2C(C=C(F)C(F)(F)F)C2(C)C)c(F)c1F. The van der Waals surface area contributed by atoms with E-state index in [4.69, 9.17) is 0 Å². The van der Waals surface area contributed by atoms with Crippen molar-refractivity contribution in [3.8, 4) is 0 Å². The van der Waals surface area contributed by atoms with Crippen LogP contribution in [-0.2, 0) is 11.2 Å². The van der Waals surface area contributed by atoms with Gasteiger partial charge in [0.2, 0.25) is 5.91 Å². The third-order valence-electron chi connectivity index (χ3n) is 4.82. The Labute approximate surface area is 149 Å². The Morgan fingerprint density at radius 1 is 1.07 bits per heavy atom. The van der Waals surface area contributed by atoms with E-state index in [0.717, 1.165) is 6.92 Å². The van der Waals surface area contributed by atoms with Gasteiger partial charge in [0.05, 0.1) is 0 Å². The normalized spacial score (nSPS) is 22.0. The van der Waals surface area contributed by atoms with E-state index in [9.17, 15) is 39.9 Å². The molecular formula is C17H15F8NO. The van der Waals surface area contributed by atoms with Crippen molar-refractivity contribution in [1.82, 2.24) is 0 Å². The van der Waals surface area contributed by atoms with Crippen molar-refractivity contribution < 1.29 is 39.9 Å². The van der Waals surface area contributed by atoms with E-state index in [1.54, 1.807) is 5.32 Å². The van der Waals surface area contributed by atoms with Gasteiger partial charge in [0.15, 0.2) is 29.1 Å². The molecule has 0 heterocycles. The van der Waals surface area contributed by atoms with Gasteiger partial charge in [-0.15, -0.1) is 0 Å². The molecule has 1 N–H and O–H groups in total. The number of rotatable bonds is 4. The molecule has 0 bridgehead atoms. The number of halogens is 8. The van der Waals surface area contributed by atoms with Crippen LogP contribution in [0.15, 0.2) is 11.9 Å². The van der Waals surface area contributed by atoms with Crippen LogP contribution >= 0.6 is 0 Å². The first-order valence-electron chi connectivity index (χ1n) is 7.76. The maximum absolute atomic E-state index is 14.2. The summed E-state index contributed by atoms with van der Waals surface area (Å²) in [7, 11) is 0. The summed E-state index contributed by atoms with van der Waals surface area (Å²) in [4.78, 5) is 10.9. The van der Waals surface area contributed by atoms with Crippen molar-refractivity contribution in [2.24, 2.45) is 17.3 Å². The number of anilines is 1. The zero-order chi connectivity index (χ0) is 20.9. The third-order valence-corrected chi connectivity index (χ3v) is 4.82. The van der Waals surface area contributed by atoms with Crippen LogP contribution in [0.4, 0.5) is 40.8 Å². The lowest BCUT2D eigenvalue weighted by Crippen LogP contribution is -2.15. The van der Waals surface area contributed by atoms with Crippen molar-refractivity contribution in [2.45, 2.75) is 33.4 Å². The summed E-state index contributed by atoms with van der Waals surface area (Å²) in [6.45, 7) is 3.76. The molecule has 2 rings (SSSR count). The number of nitrogens with one attached hydrogen (secondary N) is 1. The van der Waals surface area contributed by atoms with Crippen molar-refractivity contribution in [3.05, 3.63) is 40.7 Å². The maximum atomic E-state index is 14.2. The van der Waals surface area contributed by atoms with Gasteiger partial charge in [0.25, 0.3) is 0 Å². The van der Waals surface area contributed by atoms with Crippen LogP contribution in [0.5, 0.6) is 0 Å². The summed E-state index contributed by atoms with van der Waals surface area (Å²) in [6, 6.07) is 0. The van der Waals surface area contributed by atoms with Gasteiger partial charge < -0.3 is 5.32 Å². The van der Waals surface area contributed by atoms with Gasteiger partial charge in [-0.3, -0.25) is 4.79 Å². The molecule has 1 aromatic rings. The van der Waals surface area contributed by atoms with Crippen molar-refractivity contribution >= 4 is 11.6 Å². The number of alkyl halides is 3. The summed E-state index contributed by atoms with van der Waals surface area (Å²) >= 11 is 0. The molecular weight excluding hydrogens is 386 g/mol. The third kappa shape index (κ3) is 3.93. The largest absolute Gasteiger partial charge is 0.442 e. The minimum atomic E-state index is -5.20. The smallest absolute Gasteiger partial charge is 0.321 e. The molecule has 27 heavy (non-hydrogen) atoms. The highest BCUT2D eigenvalue weighted by Gasteiger charge is 2.57. The fraction of sp³-hybridized carbons (Fsp3) is 0.471. The molecule has 2 unspecified atom stereocenters. The van der Waals surface area contributed by atoms with Gasteiger partial charge in [0.1, 0.15) is 5.69 Å². The zero-order valence-electron chi connectivity index (χ0n) is 14.4. The predicted molar refractivity (Wildman–Crippen MR) is 80.3 cm³/mol. The van der Waals surface area contributed by atoms with E-state index in [1.807, 2.05) is 0 Å². The lowest BCUT2D eigenvalue weighted by atomic mass is 10.0. The van der Waals surface area contributed by atoms with Crippen molar-refractivity contribution in [3.63, 3.8) is 0 Å². The maximum Gasteiger partial charge on any atom is 0.442 e. The molecule has 1 fully saturated rings. The molecule has 0 aromatic heterocycles. The Kier molecular flexibility index (Phi) is 5.33. The molecule has 2 atom stereocenters. The summed E-state index contributed by atoms with van der Waals surface area (Å²) in [5.41, 5.74) is -3.28. The minimum Gasteiger partial charge on any atom is -0.321 e. The van der Waals surface area contributed by atoms with Crippen LogP contribution in [0.3, 0.4) is 0 Å². The predicted octanol–water partition coefficient (Wildman–Crippen LogP) is 5.43. The lowest BCUT2D eigenvalue weighted by Gasteiger charge is -2.12. The average molecular weight is 401 g/mol. The fourth-order valence-corrected chi connectivity index (χ4v) is 3.12. The van der Waals surface area contributed by atoms with Crippen LogP contribution in [0.2, 0.25) is 0 Å². The molecule has 1 amide bonds. The van der Waals surface area contributed by atoms with E-state index in [1.165, 1.54) is 13.8 Å². The molecule has 10 heteroatoms. The molecule has 2 nitrogen and oxygen atoms in total. The molecule has 0 spiro atoms. The molecule has 0 aliphatic heterocycles. The highest BCUT2D eigenvalue weighted by atomic mass is 19.4. The standard InChI is InChI=1S/C17H15F8NO/c1-6(27)26-15-13(21)11(19)7(12(20)14(15)22)4-8-9(16(8,2)3)5-10(18)17(23,24)25/h5,8-9H,4H2,1-3H3,(H,26,27). The first-order chi connectivity index (χ1) is 12.2. The number of hydrogen-bond donors (Lipinski definition) is 1. The molecule has 1 saturated carbocycles. The van der Waals surface area contributed by atoms with Crippen LogP contribution < -0.4 is 5.32 Å². The van der Waals surface area contributed by atoms with Gasteiger partial charge in [-0.05, 0) is 29.7 Å². The quantitative estimate of drug-likeness (QED) is 0.529. The van der Waals surface area contributed by atoms with Crippen molar-refractivity contribution in [2.75, 3.05) is 5.32 Å². The molecule has 1 aromatic carbocycles. The number of amides is 1. The zero-order valence-corrected chi connectivity index (χ0v) is 14.4. The monoisotopic (exact) mass is 401 g/mol. The van der Waals surface area contributed by atoms with E-state index in [2.05, 4.69) is 0 Å². The van der Waals surface area contributed by atoms with Gasteiger partial charge in [-0.2, -0.15) is 13.2 Å². The Hall–Kier alpha value is -2.13. The first kappa shape index (κ1) is 21.2. The molecule has 0 radical (unpaired) electrons. The number of hydrogen-bond acceptors (Lipinski definition) is 1. The second kappa shape index (κ2) is 6.79. The Morgan fingerprint density at radius 3 is 1.96 bits per heavy atom. The Balaban J connectivity index is 2.37. The van der Waals surface area contributed by atoms with Crippen LogP contribution in [0.25, 0.3) is 0 Å². The second-order valence-electron chi connectivity index (χ2n) is 6.96. The summed E-state index contributed by atoms with van der Waals surface area (Å²) in [5.74, 6) is -12.4. The molecule has 1 aliphatic rings. The minimum absolute atomic E-state index is 0.304. The van der Waals surface area contributed by atoms with Crippen molar-refractivity contribution in [1.29, 1.82) is 0 Å². The molecule has 0 saturated heterocycles. The van der Waals surface area contributed by atoms with Gasteiger partial charge in [-0.25, -0.2) is 22.0 Å². The number of carbonyl (C=O) groups excluding carboxylic acids is 1. The second-order valence-corrected chi connectivity index (χ2v) is 6.96. The van der Waals surface area contributed by atoms with Crippen LogP contribution in [0, 0.1) is 40.5 Å². The van der Waals surface area contributed by atoms with Gasteiger partial charge in [-0.1, -0.05) is 13.8 Å². The van der Waals surface area contributed by atoms with Gasteiger partial charge >= 0.3 is 6.18 Å². The Bertz CT molecular complexity index is 783.